The van der Waals surface area contributed by atoms with E-state index in [9.17, 15) is 22.4 Å². The molecule has 2 fully saturated rings. The van der Waals surface area contributed by atoms with Crippen LogP contribution in [0.4, 0.5) is 17.6 Å². The Balaban J connectivity index is 1.93. The van der Waals surface area contributed by atoms with Crippen molar-refractivity contribution in [2.24, 2.45) is 0 Å². The minimum absolute atomic E-state index is 0.0307. The summed E-state index contributed by atoms with van der Waals surface area (Å²) < 4.78 is 54.0. The summed E-state index contributed by atoms with van der Waals surface area (Å²) in [7, 11) is 0. The van der Waals surface area contributed by atoms with Gasteiger partial charge in [0, 0.05) is 0 Å². The highest BCUT2D eigenvalue weighted by Gasteiger charge is 2.48. The topological polar surface area (TPSA) is 41.1 Å². The fourth-order valence-electron chi connectivity index (χ4n) is 3.25. The number of halogens is 4. The highest BCUT2D eigenvalue weighted by Crippen LogP contribution is 2.48. The Hall–Kier alpha value is -1.63. The first kappa shape index (κ1) is 18.2. The van der Waals surface area contributed by atoms with E-state index in [1.165, 1.54) is 19.9 Å². The van der Waals surface area contributed by atoms with Gasteiger partial charge in [-0.05, 0) is 69.3 Å². The Morgan fingerprint density at radius 1 is 1.16 bits per heavy atom. The molecule has 1 heterocycles. The SMILES string of the molecule is CC(C)(F)c1cc(C(F)(F)F)cc(C2(NC(=O)C3CCCN3)CC2)c1. The van der Waals surface area contributed by atoms with Gasteiger partial charge in [-0.2, -0.15) is 13.2 Å². The molecule has 1 aromatic carbocycles. The predicted molar refractivity (Wildman–Crippen MR) is 85.7 cm³/mol. The zero-order valence-electron chi connectivity index (χ0n) is 14.3. The van der Waals surface area contributed by atoms with E-state index in [1.54, 1.807) is 0 Å². The van der Waals surface area contributed by atoms with Crippen LogP contribution in [-0.4, -0.2) is 18.5 Å². The number of amides is 1. The van der Waals surface area contributed by atoms with Crippen molar-refractivity contribution in [2.45, 2.75) is 63.0 Å². The van der Waals surface area contributed by atoms with Crippen molar-refractivity contribution in [1.29, 1.82) is 0 Å². The van der Waals surface area contributed by atoms with Crippen molar-refractivity contribution in [3.05, 3.63) is 34.9 Å². The van der Waals surface area contributed by atoms with E-state index >= 15 is 0 Å². The average Bonchev–Trinajstić information content (AvgIpc) is 3.08. The molecule has 138 valence electrons. The van der Waals surface area contributed by atoms with Gasteiger partial charge >= 0.3 is 6.18 Å². The molecule has 0 spiro atoms. The van der Waals surface area contributed by atoms with E-state index < -0.39 is 22.9 Å². The third-order valence-corrected chi connectivity index (χ3v) is 4.99. The molecule has 1 saturated heterocycles. The number of carbonyl (C=O) groups excluding carboxylic acids is 1. The van der Waals surface area contributed by atoms with Crippen LogP contribution in [0.2, 0.25) is 0 Å². The van der Waals surface area contributed by atoms with Gasteiger partial charge in [0.25, 0.3) is 0 Å². The number of nitrogens with one attached hydrogen (secondary N) is 2. The first-order valence-corrected chi connectivity index (χ1v) is 8.49. The second-order valence-electron chi connectivity index (χ2n) is 7.49. The molecular formula is C18H22F4N2O. The summed E-state index contributed by atoms with van der Waals surface area (Å²) in [4.78, 5) is 12.4. The highest BCUT2D eigenvalue weighted by molar-refractivity contribution is 5.83. The highest BCUT2D eigenvalue weighted by atomic mass is 19.4. The van der Waals surface area contributed by atoms with Crippen molar-refractivity contribution >= 4 is 5.91 Å². The van der Waals surface area contributed by atoms with E-state index in [2.05, 4.69) is 10.6 Å². The summed E-state index contributed by atoms with van der Waals surface area (Å²) in [6.45, 7) is 3.22. The maximum Gasteiger partial charge on any atom is 0.416 e. The molecule has 1 aliphatic carbocycles. The van der Waals surface area contributed by atoms with Gasteiger partial charge in [0.05, 0.1) is 17.1 Å². The molecule has 1 saturated carbocycles. The van der Waals surface area contributed by atoms with Crippen molar-refractivity contribution in [3.63, 3.8) is 0 Å². The lowest BCUT2D eigenvalue weighted by Crippen LogP contribution is -2.45. The predicted octanol–water partition coefficient (Wildman–Crippen LogP) is 3.77. The minimum atomic E-state index is -4.57. The number of benzene rings is 1. The van der Waals surface area contributed by atoms with E-state index in [0.717, 1.165) is 25.1 Å². The Labute approximate surface area is 144 Å². The second-order valence-corrected chi connectivity index (χ2v) is 7.49. The van der Waals surface area contributed by atoms with Crippen LogP contribution in [0, 0.1) is 0 Å². The lowest BCUT2D eigenvalue weighted by atomic mass is 9.91. The number of alkyl halides is 4. The van der Waals surface area contributed by atoms with Crippen LogP contribution >= 0.6 is 0 Å². The summed E-state index contributed by atoms with van der Waals surface area (Å²) >= 11 is 0. The van der Waals surface area contributed by atoms with E-state index in [1.807, 2.05) is 0 Å². The van der Waals surface area contributed by atoms with Gasteiger partial charge in [0.2, 0.25) is 5.91 Å². The third kappa shape index (κ3) is 3.81. The van der Waals surface area contributed by atoms with E-state index in [-0.39, 0.29) is 17.5 Å². The van der Waals surface area contributed by atoms with E-state index in [0.29, 0.717) is 24.8 Å². The van der Waals surface area contributed by atoms with Gasteiger partial charge in [0.15, 0.2) is 0 Å². The summed E-state index contributed by atoms with van der Waals surface area (Å²) in [6.07, 6.45) is -1.84. The summed E-state index contributed by atoms with van der Waals surface area (Å²) in [5.74, 6) is -0.200. The van der Waals surface area contributed by atoms with Crippen LogP contribution in [0.15, 0.2) is 18.2 Å². The minimum Gasteiger partial charge on any atom is -0.345 e. The zero-order valence-corrected chi connectivity index (χ0v) is 14.3. The largest absolute Gasteiger partial charge is 0.416 e. The molecule has 3 nitrogen and oxygen atoms in total. The molecule has 7 heteroatoms. The molecule has 0 radical (unpaired) electrons. The summed E-state index contributed by atoms with van der Waals surface area (Å²) in [5.41, 5.74) is -3.30. The van der Waals surface area contributed by atoms with Crippen molar-refractivity contribution < 1.29 is 22.4 Å². The zero-order chi connectivity index (χ0) is 18.5. The van der Waals surface area contributed by atoms with Crippen molar-refractivity contribution in [3.8, 4) is 0 Å². The molecule has 1 atom stereocenters. The number of rotatable bonds is 4. The average molecular weight is 358 g/mol. The van der Waals surface area contributed by atoms with Gasteiger partial charge in [-0.25, -0.2) is 4.39 Å². The van der Waals surface area contributed by atoms with Gasteiger partial charge < -0.3 is 10.6 Å². The number of carbonyl (C=O) groups is 1. The summed E-state index contributed by atoms with van der Waals surface area (Å²) in [5, 5.41) is 5.97. The molecular weight excluding hydrogens is 336 g/mol. The summed E-state index contributed by atoms with van der Waals surface area (Å²) in [6, 6.07) is 3.02. The van der Waals surface area contributed by atoms with Crippen LogP contribution in [0.25, 0.3) is 0 Å². The fraction of sp³-hybridized carbons (Fsp3) is 0.611. The van der Waals surface area contributed by atoms with Crippen LogP contribution in [0.3, 0.4) is 0 Å². The molecule has 2 aliphatic rings. The Morgan fingerprint density at radius 3 is 2.28 bits per heavy atom. The molecule has 25 heavy (non-hydrogen) atoms. The van der Waals surface area contributed by atoms with Gasteiger partial charge in [-0.3, -0.25) is 4.79 Å². The first-order valence-electron chi connectivity index (χ1n) is 8.49. The first-order chi connectivity index (χ1) is 11.5. The molecule has 0 aromatic heterocycles. The standard InChI is InChI=1S/C18H22F4N2O/c1-16(2,19)11-8-12(10-13(9-11)18(20,21)22)17(5-6-17)24-15(25)14-4-3-7-23-14/h8-10,14,23H,3-7H2,1-2H3,(H,24,25). The molecule has 1 amide bonds. The van der Waals surface area contributed by atoms with Crippen LogP contribution in [-0.2, 0) is 22.2 Å². The monoisotopic (exact) mass is 358 g/mol. The van der Waals surface area contributed by atoms with Gasteiger partial charge in [-0.1, -0.05) is 6.07 Å². The van der Waals surface area contributed by atoms with Gasteiger partial charge in [0.1, 0.15) is 5.67 Å². The Bertz CT molecular complexity index is 636. The maximum atomic E-state index is 14.3. The molecule has 1 aliphatic heterocycles. The molecule has 2 N–H and O–H groups in total. The van der Waals surface area contributed by atoms with Crippen LogP contribution in [0.5, 0.6) is 0 Å². The Kier molecular flexibility index (Phi) is 4.34. The lowest BCUT2D eigenvalue weighted by molar-refractivity contribution is -0.137. The smallest absolute Gasteiger partial charge is 0.345 e. The molecule has 3 rings (SSSR count). The van der Waals surface area contributed by atoms with Crippen LogP contribution in [0.1, 0.15) is 56.2 Å². The third-order valence-electron chi connectivity index (χ3n) is 4.99. The number of hydrogen-bond donors (Lipinski definition) is 2. The second kappa shape index (κ2) is 5.97. The van der Waals surface area contributed by atoms with Gasteiger partial charge in [-0.15, -0.1) is 0 Å². The Morgan fingerprint density at radius 2 is 1.80 bits per heavy atom. The van der Waals surface area contributed by atoms with Crippen molar-refractivity contribution in [1.82, 2.24) is 10.6 Å². The normalized spacial score (nSPS) is 22.7. The molecule has 1 unspecified atom stereocenters. The maximum absolute atomic E-state index is 14.3. The fourth-order valence-corrected chi connectivity index (χ4v) is 3.25. The van der Waals surface area contributed by atoms with E-state index in [4.69, 9.17) is 0 Å². The lowest BCUT2D eigenvalue weighted by Gasteiger charge is -2.24. The van der Waals surface area contributed by atoms with Crippen molar-refractivity contribution in [2.75, 3.05) is 6.54 Å². The molecule has 0 bridgehead atoms. The quantitative estimate of drug-likeness (QED) is 0.805. The van der Waals surface area contributed by atoms with Crippen LogP contribution < -0.4 is 10.6 Å². The number of hydrogen-bond acceptors (Lipinski definition) is 2. The molecule has 1 aromatic rings.